The molecule has 1 heterocycles. The maximum Gasteiger partial charge on any atom is 0.410 e. The summed E-state index contributed by atoms with van der Waals surface area (Å²) in [5.74, 6) is -0.195. The topological polar surface area (TPSA) is 85.7 Å². The Morgan fingerprint density at radius 2 is 1.59 bits per heavy atom. The second kappa shape index (κ2) is 9.68. The van der Waals surface area contributed by atoms with Gasteiger partial charge in [-0.1, -0.05) is 48.5 Å². The van der Waals surface area contributed by atoms with Gasteiger partial charge >= 0.3 is 6.09 Å². The number of hydrogen-bond acceptors (Lipinski definition) is 5. The van der Waals surface area contributed by atoms with Crippen LogP contribution in [-0.2, 0) is 9.53 Å². The van der Waals surface area contributed by atoms with Gasteiger partial charge in [-0.3, -0.25) is 20.0 Å². The molecule has 2 amide bonds. The molecule has 2 N–H and O–H groups in total. The molecule has 0 radical (unpaired) electrons. The van der Waals surface area contributed by atoms with Crippen molar-refractivity contribution >= 4 is 29.2 Å². The fraction of sp³-hybridized carbons (Fsp3) is 0.320. The van der Waals surface area contributed by atoms with E-state index in [1.165, 1.54) is 9.80 Å². The normalized spacial score (nSPS) is 15.2. The molecule has 3 rings (SSSR count). The van der Waals surface area contributed by atoms with Crippen LogP contribution in [0.1, 0.15) is 33.3 Å². The number of hydrogen-bond donors (Lipinski definition) is 2. The van der Waals surface area contributed by atoms with Crippen LogP contribution in [0.25, 0.3) is 5.70 Å². The van der Waals surface area contributed by atoms with Crippen LogP contribution in [0.4, 0.5) is 10.5 Å². The summed E-state index contributed by atoms with van der Waals surface area (Å²) in [6.45, 7) is 7.63. The van der Waals surface area contributed by atoms with E-state index in [1.54, 1.807) is 20.8 Å². The SMILES string of the molecule is C/C(C(=N)N1CCN(C(=O)OC(C)(C)C)CC1=O)=C(/Nc1ccccc1)c1ccccc1. The van der Waals surface area contributed by atoms with E-state index in [1.807, 2.05) is 67.6 Å². The molecule has 0 aromatic heterocycles. The quantitative estimate of drug-likeness (QED) is 0.545. The monoisotopic (exact) mass is 434 g/mol. The summed E-state index contributed by atoms with van der Waals surface area (Å²) >= 11 is 0. The standard InChI is InChI=1S/C25H30N4O3/c1-18(22(19-11-7-5-8-12-19)27-20-13-9-6-10-14-20)23(26)29-16-15-28(17-21(29)30)24(31)32-25(2,3)4/h5-14,26-27H,15-17H2,1-4H3/b22-18-,26-23?. The minimum atomic E-state index is -0.628. The van der Waals surface area contributed by atoms with Crippen molar-refractivity contribution in [2.24, 2.45) is 0 Å². The summed E-state index contributed by atoms with van der Waals surface area (Å²) in [7, 11) is 0. The van der Waals surface area contributed by atoms with Gasteiger partial charge < -0.3 is 10.1 Å². The lowest BCUT2D eigenvalue weighted by atomic mass is 10.0. The first-order valence-electron chi connectivity index (χ1n) is 10.6. The highest BCUT2D eigenvalue weighted by Gasteiger charge is 2.32. The van der Waals surface area contributed by atoms with Crippen molar-refractivity contribution in [2.75, 3.05) is 25.0 Å². The van der Waals surface area contributed by atoms with Gasteiger partial charge in [-0.05, 0) is 45.4 Å². The summed E-state index contributed by atoms with van der Waals surface area (Å²) in [5.41, 5.74) is 2.57. The molecular formula is C25H30N4O3. The smallest absolute Gasteiger partial charge is 0.410 e. The van der Waals surface area contributed by atoms with Crippen LogP contribution in [-0.4, -0.2) is 52.9 Å². The number of anilines is 1. The van der Waals surface area contributed by atoms with Crippen LogP contribution >= 0.6 is 0 Å². The number of piperazine rings is 1. The van der Waals surface area contributed by atoms with Crippen LogP contribution < -0.4 is 5.32 Å². The van der Waals surface area contributed by atoms with Gasteiger partial charge in [-0.25, -0.2) is 4.79 Å². The van der Waals surface area contributed by atoms with E-state index in [4.69, 9.17) is 10.1 Å². The van der Waals surface area contributed by atoms with Gasteiger partial charge in [0.2, 0.25) is 5.91 Å². The lowest BCUT2D eigenvalue weighted by molar-refractivity contribution is -0.131. The van der Waals surface area contributed by atoms with E-state index in [0.29, 0.717) is 12.1 Å². The number of amidine groups is 1. The Morgan fingerprint density at radius 1 is 1.00 bits per heavy atom. The largest absolute Gasteiger partial charge is 0.444 e. The minimum Gasteiger partial charge on any atom is -0.444 e. The number of rotatable bonds is 4. The molecular weight excluding hydrogens is 404 g/mol. The zero-order valence-electron chi connectivity index (χ0n) is 19.0. The minimum absolute atomic E-state index is 0.112. The van der Waals surface area contributed by atoms with Gasteiger partial charge in [-0.2, -0.15) is 0 Å². The summed E-state index contributed by atoms with van der Waals surface area (Å²) in [5, 5.41) is 12.2. The van der Waals surface area contributed by atoms with Crippen LogP contribution in [0.2, 0.25) is 0 Å². The Morgan fingerprint density at radius 3 is 2.16 bits per heavy atom. The summed E-state index contributed by atoms with van der Waals surface area (Å²) < 4.78 is 5.37. The number of carbonyl (C=O) groups excluding carboxylic acids is 2. The van der Waals surface area contributed by atoms with E-state index in [2.05, 4.69) is 5.32 Å². The first-order valence-corrected chi connectivity index (χ1v) is 10.6. The van der Waals surface area contributed by atoms with Gasteiger partial charge in [-0.15, -0.1) is 0 Å². The average molecular weight is 435 g/mol. The number of nitrogens with one attached hydrogen (secondary N) is 2. The van der Waals surface area contributed by atoms with Gasteiger partial charge in [0.1, 0.15) is 18.0 Å². The summed E-state index contributed by atoms with van der Waals surface area (Å²) in [4.78, 5) is 28.0. The first kappa shape index (κ1) is 23.1. The number of carbonyl (C=O) groups is 2. The Bertz CT molecular complexity index is 1010. The first-order chi connectivity index (χ1) is 15.2. The second-order valence-corrected chi connectivity index (χ2v) is 8.65. The second-order valence-electron chi connectivity index (χ2n) is 8.65. The molecule has 1 aliphatic rings. The molecule has 0 atom stereocenters. The van der Waals surface area contributed by atoms with Crippen molar-refractivity contribution < 1.29 is 14.3 Å². The Labute approximate surface area is 189 Å². The molecule has 32 heavy (non-hydrogen) atoms. The van der Waals surface area contributed by atoms with Crippen molar-refractivity contribution in [1.29, 1.82) is 5.41 Å². The zero-order chi connectivity index (χ0) is 23.3. The highest BCUT2D eigenvalue weighted by molar-refractivity contribution is 6.11. The lowest BCUT2D eigenvalue weighted by Gasteiger charge is -2.35. The highest BCUT2D eigenvalue weighted by atomic mass is 16.6. The molecule has 1 aliphatic heterocycles. The zero-order valence-corrected chi connectivity index (χ0v) is 19.0. The molecule has 7 nitrogen and oxygen atoms in total. The number of nitrogens with zero attached hydrogens (tertiary/aromatic N) is 2. The molecule has 0 unspecified atom stereocenters. The third-order valence-corrected chi connectivity index (χ3v) is 4.98. The van der Waals surface area contributed by atoms with E-state index >= 15 is 0 Å². The fourth-order valence-corrected chi connectivity index (χ4v) is 3.37. The molecule has 168 valence electrons. The number of amides is 2. The van der Waals surface area contributed by atoms with Crippen molar-refractivity contribution in [1.82, 2.24) is 9.80 Å². The third-order valence-electron chi connectivity index (χ3n) is 4.98. The average Bonchev–Trinajstić information content (AvgIpc) is 2.76. The summed E-state index contributed by atoms with van der Waals surface area (Å²) in [6, 6.07) is 19.4. The Kier molecular flexibility index (Phi) is 6.98. The Hall–Kier alpha value is -3.61. The molecule has 1 saturated heterocycles. The van der Waals surface area contributed by atoms with Gasteiger partial charge in [0, 0.05) is 24.4 Å². The van der Waals surface area contributed by atoms with Gasteiger partial charge in [0.15, 0.2) is 0 Å². The molecule has 0 aliphatic carbocycles. The number of para-hydroxylation sites is 1. The molecule has 0 bridgehead atoms. The van der Waals surface area contributed by atoms with Crippen molar-refractivity contribution in [3.63, 3.8) is 0 Å². The van der Waals surface area contributed by atoms with Crippen LogP contribution in [0.5, 0.6) is 0 Å². The summed E-state index contributed by atoms with van der Waals surface area (Å²) in [6.07, 6.45) is -0.514. The number of benzene rings is 2. The number of ether oxygens (including phenoxy) is 1. The van der Waals surface area contributed by atoms with E-state index in [-0.39, 0.29) is 24.8 Å². The molecule has 7 heteroatoms. The van der Waals surface area contributed by atoms with Crippen molar-refractivity contribution in [3.8, 4) is 0 Å². The van der Waals surface area contributed by atoms with Crippen LogP contribution in [0.15, 0.2) is 66.2 Å². The van der Waals surface area contributed by atoms with Gasteiger partial charge in [0.05, 0.1) is 5.70 Å². The van der Waals surface area contributed by atoms with Crippen molar-refractivity contribution in [3.05, 3.63) is 71.8 Å². The predicted octanol–water partition coefficient (Wildman–Crippen LogP) is 4.59. The maximum atomic E-state index is 12.8. The van der Waals surface area contributed by atoms with Crippen molar-refractivity contribution in [2.45, 2.75) is 33.3 Å². The van der Waals surface area contributed by atoms with E-state index in [9.17, 15) is 9.59 Å². The lowest BCUT2D eigenvalue weighted by Crippen LogP contribution is -2.55. The maximum absolute atomic E-state index is 12.8. The third kappa shape index (κ3) is 5.75. The van der Waals surface area contributed by atoms with Gasteiger partial charge in [0.25, 0.3) is 0 Å². The van der Waals surface area contributed by atoms with E-state index < -0.39 is 11.7 Å². The molecule has 0 spiro atoms. The Balaban J connectivity index is 1.82. The van der Waals surface area contributed by atoms with Crippen LogP contribution in [0, 0.1) is 5.41 Å². The van der Waals surface area contributed by atoms with E-state index in [0.717, 1.165) is 16.9 Å². The molecule has 2 aromatic rings. The molecule has 2 aromatic carbocycles. The fourth-order valence-electron chi connectivity index (χ4n) is 3.37. The predicted molar refractivity (Wildman–Crippen MR) is 126 cm³/mol. The molecule has 1 fully saturated rings. The van der Waals surface area contributed by atoms with Crippen LogP contribution in [0.3, 0.4) is 0 Å². The molecule has 0 saturated carbocycles. The highest BCUT2D eigenvalue weighted by Crippen LogP contribution is 2.24.